The number of fused-ring (bicyclic) bond motifs is 2. The van der Waals surface area contributed by atoms with Crippen LogP contribution in [0.2, 0.25) is 0 Å². The smallest absolute Gasteiger partial charge is 0.434 e. The van der Waals surface area contributed by atoms with E-state index >= 15 is 0 Å². The number of hydrogen-bond acceptors (Lipinski definition) is 10. The molecule has 2 heterocycles. The average molecular weight is 875 g/mol. The van der Waals surface area contributed by atoms with Crippen LogP contribution >= 0.6 is 23.5 Å². The van der Waals surface area contributed by atoms with E-state index in [1.54, 1.807) is 23.5 Å². The van der Waals surface area contributed by atoms with Gasteiger partial charge in [-0.05, 0) is 101 Å². The van der Waals surface area contributed by atoms with Gasteiger partial charge in [0, 0.05) is 78.8 Å². The van der Waals surface area contributed by atoms with Crippen LogP contribution in [0.4, 0.5) is 21.0 Å². The number of hydrogen-bond donors (Lipinski definition) is 2. The minimum atomic E-state index is -0.783. The zero-order chi connectivity index (χ0) is 44.7. The quantitative estimate of drug-likeness (QED) is 0.103. The molecule has 0 aromatic heterocycles. The van der Waals surface area contributed by atoms with Gasteiger partial charge in [-0.2, -0.15) is 4.99 Å². The third-order valence-electron chi connectivity index (χ3n) is 12.8. The topological polar surface area (TPSA) is 121 Å². The molecule has 7 rings (SSSR count). The molecule has 0 radical (unpaired) electrons. The number of likely N-dealkylation sites (tertiary alicyclic amines) is 1. The standard InChI is InChI=1S/C50H58N4O6S2/c1-29(2)53-31(5)49(7,8)37-25-35(39(27-41(37)53)51-47(57)59-21-23-61-33-17-13-11-14-18-33)43-45(55)44(46(43)56)36-26-38-42(54(30(3)4)32(6)50(38,9)10)28-40(36)52-48(58)60-22-24-62-34-19-15-12-16-20-34/h11-20,25-32,55H,21-24H2,1-10H3,(H,51,57). The molecule has 1 fully saturated rings. The van der Waals surface area contributed by atoms with Crippen molar-refractivity contribution in [3.05, 3.63) is 124 Å². The van der Waals surface area contributed by atoms with Crippen molar-refractivity contribution in [2.45, 2.75) is 109 Å². The van der Waals surface area contributed by atoms with Gasteiger partial charge >= 0.3 is 12.2 Å². The highest BCUT2D eigenvalue weighted by atomic mass is 32.2. The predicted octanol–water partition coefficient (Wildman–Crippen LogP) is 11.4. The molecule has 12 heteroatoms. The van der Waals surface area contributed by atoms with Crippen LogP contribution in [0, 0.1) is 5.41 Å². The number of carbonyl (C=O) groups is 3. The molecule has 2 aliphatic carbocycles. The Morgan fingerprint density at radius 2 is 1.35 bits per heavy atom. The van der Waals surface area contributed by atoms with Crippen LogP contribution in [0.25, 0.3) is 5.57 Å². The molecule has 0 bridgehead atoms. The van der Waals surface area contributed by atoms with E-state index in [0.29, 0.717) is 28.3 Å². The van der Waals surface area contributed by atoms with Gasteiger partial charge in [-0.3, -0.25) is 10.1 Å². The SMILES string of the molecule is CC(C)N1C2=CC(=NC(=O)OCCSc3ccccc3)C(=C3C(=O)C(c4cc5c(cc4NC(=O)OCCSc4ccccc4)N(C(C)C)C(C)C5(C)C)=C3O)C=C2C(C)(C)C1C. The first-order chi connectivity index (χ1) is 29.4. The number of nitrogens with one attached hydrogen (secondary N) is 1. The van der Waals surface area contributed by atoms with Crippen molar-refractivity contribution in [1.82, 2.24) is 4.90 Å². The van der Waals surface area contributed by atoms with Crippen molar-refractivity contribution in [3.8, 4) is 0 Å². The van der Waals surface area contributed by atoms with Crippen molar-refractivity contribution in [1.29, 1.82) is 0 Å². The van der Waals surface area contributed by atoms with E-state index in [4.69, 9.17) is 9.47 Å². The summed E-state index contributed by atoms with van der Waals surface area (Å²) in [5.41, 5.74) is 4.66. The number of allylic oxidation sites excluding steroid dienone is 6. The zero-order valence-corrected chi connectivity index (χ0v) is 39.0. The fourth-order valence-electron chi connectivity index (χ4n) is 9.04. The van der Waals surface area contributed by atoms with Crippen molar-refractivity contribution < 1.29 is 29.0 Å². The third kappa shape index (κ3) is 8.48. The van der Waals surface area contributed by atoms with Crippen molar-refractivity contribution in [3.63, 3.8) is 0 Å². The molecule has 10 nitrogen and oxygen atoms in total. The summed E-state index contributed by atoms with van der Waals surface area (Å²) in [5, 5.41) is 15.1. The van der Waals surface area contributed by atoms with Crippen LogP contribution in [0.5, 0.6) is 0 Å². The molecule has 326 valence electrons. The average Bonchev–Trinajstić information content (AvgIpc) is 3.55. The van der Waals surface area contributed by atoms with Crippen molar-refractivity contribution >= 4 is 64.2 Å². The molecule has 0 saturated carbocycles. The highest BCUT2D eigenvalue weighted by Crippen LogP contribution is 2.53. The van der Waals surface area contributed by atoms with Gasteiger partial charge in [0.1, 0.15) is 19.0 Å². The minimum absolute atomic E-state index is 0.0591. The van der Waals surface area contributed by atoms with Crippen LogP contribution in [0.1, 0.15) is 80.4 Å². The van der Waals surface area contributed by atoms with Gasteiger partial charge in [0.05, 0.1) is 22.5 Å². The number of rotatable bonds is 12. The van der Waals surface area contributed by atoms with Crippen LogP contribution in [-0.4, -0.2) is 82.6 Å². The molecule has 2 aliphatic heterocycles. The minimum Gasteiger partial charge on any atom is -0.506 e. The number of carbonyl (C=O) groups excluding carboxylic acids is 3. The Balaban J connectivity index is 1.27. The maximum Gasteiger partial charge on any atom is 0.434 e. The number of nitrogens with zero attached hydrogens (tertiary/aromatic N) is 3. The Kier molecular flexibility index (Phi) is 12.9. The summed E-state index contributed by atoms with van der Waals surface area (Å²) in [6.07, 6.45) is 2.31. The Labute approximate surface area is 374 Å². The van der Waals surface area contributed by atoms with Gasteiger partial charge in [-0.25, -0.2) is 9.59 Å². The summed E-state index contributed by atoms with van der Waals surface area (Å²) in [7, 11) is 0. The van der Waals surface area contributed by atoms with E-state index in [-0.39, 0.29) is 70.8 Å². The summed E-state index contributed by atoms with van der Waals surface area (Å²) >= 11 is 3.16. The number of aliphatic imine (C=N–C) groups is 1. The first kappa shape index (κ1) is 44.8. The summed E-state index contributed by atoms with van der Waals surface area (Å²) in [6, 6.07) is 24.1. The third-order valence-corrected chi connectivity index (χ3v) is 14.7. The molecule has 62 heavy (non-hydrogen) atoms. The van der Waals surface area contributed by atoms with Crippen molar-refractivity contribution in [2.24, 2.45) is 10.4 Å². The second kappa shape index (κ2) is 17.9. The molecule has 2 N–H and O–H groups in total. The summed E-state index contributed by atoms with van der Waals surface area (Å²) in [4.78, 5) is 52.8. The normalized spacial score (nSPS) is 21.8. The highest BCUT2D eigenvalue weighted by Gasteiger charge is 2.49. The lowest BCUT2D eigenvalue weighted by Crippen LogP contribution is -2.42. The number of aliphatic hydroxyl groups excluding tert-OH is 1. The summed E-state index contributed by atoms with van der Waals surface area (Å²) in [6.45, 7) is 21.8. The number of benzene rings is 3. The maximum absolute atomic E-state index is 14.8. The lowest BCUT2D eigenvalue weighted by Gasteiger charge is -2.34. The van der Waals surface area contributed by atoms with E-state index in [1.807, 2.05) is 84.9 Å². The monoisotopic (exact) mass is 874 g/mol. The number of ketones is 1. The maximum atomic E-state index is 14.8. The van der Waals surface area contributed by atoms with Gasteiger partial charge in [0.2, 0.25) is 5.78 Å². The van der Waals surface area contributed by atoms with Gasteiger partial charge < -0.3 is 24.4 Å². The second-order valence-electron chi connectivity index (χ2n) is 17.8. The van der Waals surface area contributed by atoms with Gasteiger partial charge in [-0.1, -0.05) is 64.1 Å². The fraction of sp³-hybridized carbons (Fsp3) is 0.400. The number of Topliss-reactive ketones (excluding diaryl/α,β-unsaturated/α-hetero) is 1. The van der Waals surface area contributed by atoms with E-state index in [1.165, 1.54) is 0 Å². The Morgan fingerprint density at radius 1 is 0.790 bits per heavy atom. The molecule has 3 aromatic rings. The number of ether oxygens (including phenoxy) is 2. The van der Waals surface area contributed by atoms with E-state index in [2.05, 4.69) is 89.3 Å². The molecule has 2 unspecified atom stereocenters. The second-order valence-corrected chi connectivity index (χ2v) is 20.2. The lowest BCUT2D eigenvalue weighted by molar-refractivity contribution is -0.111. The summed E-state index contributed by atoms with van der Waals surface area (Å²) in [5.74, 6) is 0.447. The van der Waals surface area contributed by atoms with Crippen molar-refractivity contribution in [2.75, 3.05) is 34.9 Å². The summed E-state index contributed by atoms with van der Waals surface area (Å²) < 4.78 is 11.2. The van der Waals surface area contributed by atoms with Crippen LogP contribution in [-0.2, 0) is 19.7 Å². The first-order valence-electron chi connectivity index (χ1n) is 21.4. The zero-order valence-electron chi connectivity index (χ0n) is 37.4. The predicted molar refractivity (Wildman–Crippen MR) is 253 cm³/mol. The number of thioether (sulfide) groups is 2. The number of amides is 2. The molecule has 2 atom stereocenters. The van der Waals surface area contributed by atoms with Gasteiger partial charge in [-0.15, -0.1) is 23.5 Å². The molecular weight excluding hydrogens is 817 g/mol. The van der Waals surface area contributed by atoms with Gasteiger partial charge in [0.15, 0.2) is 0 Å². The van der Waals surface area contributed by atoms with E-state index < -0.39 is 18.0 Å². The van der Waals surface area contributed by atoms with Crippen LogP contribution in [0.3, 0.4) is 0 Å². The molecular formula is C50H58N4O6S2. The highest BCUT2D eigenvalue weighted by molar-refractivity contribution is 7.99. The largest absolute Gasteiger partial charge is 0.506 e. The Hall–Kier alpha value is -5.20. The van der Waals surface area contributed by atoms with Gasteiger partial charge in [0.25, 0.3) is 0 Å². The van der Waals surface area contributed by atoms with Crippen LogP contribution in [0.15, 0.2) is 128 Å². The number of aliphatic hydroxyl groups is 1. The fourth-order valence-corrected chi connectivity index (χ4v) is 10.5. The molecule has 3 aromatic carbocycles. The lowest BCUT2D eigenvalue weighted by atomic mass is 9.73. The Bertz CT molecular complexity index is 2410. The Morgan fingerprint density at radius 3 is 1.92 bits per heavy atom. The first-order valence-corrected chi connectivity index (χ1v) is 23.4. The molecule has 0 spiro atoms. The van der Waals surface area contributed by atoms with E-state index in [9.17, 15) is 19.5 Å². The molecule has 4 aliphatic rings. The molecule has 1 saturated heterocycles. The van der Waals surface area contributed by atoms with Crippen LogP contribution < -0.4 is 10.2 Å². The molecule has 2 amide bonds. The van der Waals surface area contributed by atoms with E-state index in [0.717, 1.165) is 32.3 Å². The number of anilines is 2.